The van der Waals surface area contributed by atoms with Gasteiger partial charge in [-0.1, -0.05) is 26.8 Å². The minimum absolute atomic E-state index is 0.0645. The van der Waals surface area contributed by atoms with Gasteiger partial charge in [-0.05, 0) is 59.8 Å². The predicted molar refractivity (Wildman–Crippen MR) is 78.0 cm³/mol. The average molecular weight is 313 g/mol. The molecule has 18 heavy (non-hydrogen) atoms. The molecule has 0 radical (unpaired) electrons. The van der Waals surface area contributed by atoms with Crippen molar-refractivity contribution in [3.63, 3.8) is 0 Å². The fourth-order valence-electron chi connectivity index (χ4n) is 1.48. The smallest absolute Gasteiger partial charge is 0.339 e. The van der Waals surface area contributed by atoms with Gasteiger partial charge in [0.1, 0.15) is 5.60 Å². The number of ether oxygens (including phenoxy) is 1. The minimum Gasteiger partial charge on any atom is -0.456 e. The first-order valence-corrected chi connectivity index (χ1v) is 6.83. The zero-order valence-corrected chi connectivity index (χ0v) is 13.5. The van der Waals surface area contributed by atoms with Gasteiger partial charge in [-0.3, -0.25) is 0 Å². The second kappa shape index (κ2) is 5.04. The highest BCUT2D eigenvalue weighted by atomic mass is 79.9. The van der Waals surface area contributed by atoms with Crippen LogP contribution >= 0.6 is 15.9 Å². The Morgan fingerprint density at radius 3 is 2.06 bits per heavy atom. The lowest BCUT2D eigenvalue weighted by molar-refractivity contribution is 0.00684. The van der Waals surface area contributed by atoms with E-state index in [1.54, 1.807) is 0 Å². The summed E-state index contributed by atoms with van der Waals surface area (Å²) in [7, 11) is 0. The SMILES string of the molecule is CC(C)(C)OC(=O)c1ccc(C(C)(C)C)cc1Br. The van der Waals surface area contributed by atoms with E-state index in [1.165, 1.54) is 5.56 Å². The molecule has 0 fully saturated rings. The van der Waals surface area contributed by atoms with Crippen LogP contribution in [0.3, 0.4) is 0 Å². The maximum Gasteiger partial charge on any atom is 0.339 e. The molecule has 100 valence electrons. The van der Waals surface area contributed by atoms with Crippen molar-refractivity contribution < 1.29 is 9.53 Å². The number of carbonyl (C=O) groups is 1. The van der Waals surface area contributed by atoms with E-state index < -0.39 is 5.60 Å². The Morgan fingerprint density at radius 1 is 1.11 bits per heavy atom. The molecule has 0 aliphatic heterocycles. The van der Waals surface area contributed by atoms with Gasteiger partial charge in [0.05, 0.1) is 5.56 Å². The molecule has 0 N–H and O–H groups in total. The van der Waals surface area contributed by atoms with Crippen molar-refractivity contribution in [2.24, 2.45) is 0 Å². The molecule has 0 saturated heterocycles. The number of carbonyl (C=O) groups excluding carboxylic acids is 1. The van der Waals surface area contributed by atoms with Crippen LogP contribution in [0, 0.1) is 0 Å². The lowest BCUT2D eigenvalue weighted by Crippen LogP contribution is -2.24. The summed E-state index contributed by atoms with van der Waals surface area (Å²) in [5.74, 6) is -0.296. The van der Waals surface area contributed by atoms with E-state index in [-0.39, 0.29) is 11.4 Å². The van der Waals surface area contributed by atoms with Crippen LogP contribution in [0.1, 0.15) is 57.5 Å². The van der Waals surface area contributed by atoms with Crippen molar-refractivity contribution in [1.29, 1.82) is 0 Å². The number of esters is 1. The molecule has 0 aromatic heterocycles. The summed E-state index contributed by atoms with van der Waals surface area (Å²) in [6.07, 6.45) is 0. The zero-order valence-electron chi connectivity index (χ0n) is 11.9. The van der Waals surface area contributed by atoms with Crippen LogP contribution in [-0.2, 0) is 10.2 Å². The zero-order chi connectivity index (χ0) is 14.1. The topological polar surface area (TPSA) is 26.3 Å². The third kappa shape index (κ3) is 4.13. The highest BCUT2D eigenvalue weighted by molar-refractivity contribution is 9.10. The molecule has 0 spiro atoms. The van der Waals surface area contributed by atoms with Gasteiger partial charge in [-0.2, -0.15) is 0 Å². The van der Waals surface area contributed by atoms with E-state index in [1.807, 2.05) is 39.0 Å². The molecule has 2 nitrogen and oxygen atoms in total. The Kier molecular flexibility index (Phi) is 4.26. The van der Waals surface area contributed by atoms with E-state index in [2.05, 4.69) is 36.7 Å². The number of halogens is 1. The van der Waals surface area contributed by atoms with Gasteiger partial charge in [0.25, 0.3) is 0 Å². The summed E-state index contributed by atoms with van der Waals surface area (Å²) in [4.78, 5) is 12.0. The van der Waals surface area contributed by atoms with E-state index in [0.29, 0.717) is 5.56 Å². The van der Waals surface area contributed by atoms with Gasteiger partial charge in [-0.15, -0.1) is 0 Å². The lowest BCUT2D eigenvalue weighted by atomic mass is 9.87. The first kappa shape index (κ1) is 15.2. The number of hydrogen-bond donors (Lipinski definition) is 0. The van der Waals surface area contributed by atoms with Gasteiger partial charge in [0.15, 0.2) is 0 Å². The third-order valence-electron chi connectivity index (χ3n) is 2.45. The van der Waals surface area contributed by atoms with Crippen LogP contribution < -0.4 is 0 Å². The molecule has 0 saturated carbocycles. The standard InChI is InChI=1S/C15H21BrO2/c1-14(2,3)10-7-8-11(12(16)9-10)13(17)18-15(4,5)6/h7-9H,1-6H3. The summed E-state index contributed by atoms with van der Waals surface area (Å²) in [6, 6.07) is 5.78. The molecule has 0 aliphatic carbocycles. The van der Waals surface area contributed by atoms with Crippen LogP contribution in [0.25, 0.3) is 0 Å². The van der Waals surface area contributed by atoms with E-state index in [9.17, 15) is 4.79 Å². The average Bonchev–Trinajstić information content (AvgIpc) is 2.12. The molecule has 3 heteroatoms. The largest absolute Gasteiger partial charge is 0.456 e. The quantitative estimate of drug-likeness (QED) is 0.702. The molecular formula is C15H21BrO2. The van der Waals surface area contributed by atoms with Gasteiger partial charge in [0, 0.05) is 4.47 Å². The van der Waals surface area contributed by atoms with Crippen LogP contribution in [0.2, 0.25) is 0 Å². The second-order valence-corrected chi connectivity index (χ2v) is 7.30. The Morgan fingerprint density at radius 2 is 1.67 bits per heavy atom. The van der Waals surface area contributed by atoms with Gasteiger partial charge >= 0.3 is 5.97 Å². The Hall–Kier alpha value is -0.830. The van der Waals surface area contributed by atoms with E-state index in [0.717, 1.165) is 4.47 Å². The molecule has 0 heterocycles. The number of rotatable bonds is 1. The molecule has 0 atom stereocenters. The molecule has 0 aliphatic rings. The molecular weight excluding hydrogens is 292 g/mol. The highest BCUT2D eigenvalue weighted by Gasteiger charge is 2.21. The van der Waals surface area contributed by atoms with E-state index in [4.69, 9.17) is 4.74 Å². The fraction of sp³-hybridized carbons (Fsp3) is 0.533. The lowest BCUT2D eigenvalue weighted by Gasteiger charge is -2.22. The molecule has 1 aromatic carbocycles. The van der Waals surface area contributed by atoms with Crippen LogP contribution in [0.15, 0.2) is 22.7 Å². The van der Waals surface area contributed by atoms with Crippen LogP contribution in [0.5, 0.6) is 0 Å². The molecule has 0 amide bonds. The second-order valence-electron chi connectivity index (χ2n) is 6.45. The summed E-state index contributed by atoms with van der Waals surface area (Å²) in [6.45, 7) is 12.0. The summed E-state index contributed by atoms with van der Waals surface area (Å²) < 4.78 is 6.14. The summed E-state index contributed by atoms with van der Waals surface area (Å²) in [5.41, 5.74) is 1.34. The van der Waals surface area contributed by atoms with Crippen molar-refractivity contribution in [3.05, 3.63) is 33.8 Å². The monoisotopic (exact) mass is 312 g/mol. The molecule has 0 unspecified atom stereocenters. The summed E-state index contributed by atoms with van der Waals surface area (Å²) in [5, 5.41) is 0. The molecule has 1 aromatic rings. The first-order valence-electron chi connectivity index (χ1n) is 6.04. The van der Waals surface area contributed by atoms with Crippen LogP contribution in [0.4, 0.5) is 0 Å². The van der Waals surface area contributed by atoms with Crippen LogP contribution in [-0.4, -0.2) is 11.6 Å². The molecule has 1 rings (SSSR count). The Bertz CT molecular complexity index is 451. The van der Waals surface area contributed by atoms with Crippen molar-refractivity contribution in [2.45, 2.75) is 52.6 Å². The Balaban J connectivity index is 3.03. The maximum absolute atomic E-state index is 12.0. The first-order chi connectivity index (χ1) is 8.00. The third-order valence-corrected chi connectivity index (χ3v) is 3.11. The normalized spacial score (nSPS) is 12.4. The van der Waals surface area contributed by atoms with Crippen molar-refractivity contribution in [1.82, 2.24) is 0 Å². The predicted octanol–water partition coefficient (Wildman–Crippen LogP) is 4.70. The van der Waals surface area contributed by atoms with Gasteiger partial charge in [-0.25, -0.2) is 4.79 Å². The van der Waals surface area contributed by atoms with Crippen molar-refractivity contribution in [2.75, 3.05) is 0 Å². The number of hydrogen-bond acceptors (Lipinski definition) is 2. The highest BCUT2D eigenvalue weighted by Crippen LogP contribution is 2.28. The van der Waals surface area contributed by atoms with E-state index >= 15 is 0 Å². The maximum atomic E-state index is 12.0. The fourth-order valence-corrected chi connectivity index (χ4v) is 2.02. The van der Waals surface area contributed by atoms with Gasteiger partial charge in [0.2, 0.25) is 0 Å². The Labute approximate surface area is 118 Å². The van der Waals surface area contributed by atoms with Gasteiger partial charge < -0.3 is 4.74 Å². The van der Waals surface area contributed by atoms with Crippen molar-refractivity contribution in [3.8, 4) is 0 Å². The summed E-state index contributed by atoms with van der Waals surface area (Å²) >= 11 is 3.45. The van der Waals surface area contributed by atoms with Crippen molar-refractivity contribution >= 4 is 21.9 Å². The minimum atomic E-state index is -0.473. The molecule has 0 bridgehead atoms. The number of benzene rings is 1.